The van der Waals surface area contributed by atoms with E-state index in [-0.39, 0.29) is 5.91 Å². The minimum absolute atomic E-state index is 0.166. The van der Waals surface area contributed by atoms with Gasteiger partial charge >= 0.3 is 0 Å². The monoisotopic (exact) mass is 242 g/mol. The summed E-state index contributed by atoms with van der Waals surface area (Å²) in [6.07, 6.45) is 3.26. The van der Waals surface area contributed by atoms with Crippen molar-refractivity contribution in [3.05, 3.63) is 48.3 Å². The quantitative estimate of drug-likeness (QED) is 0.782. The van der Waals surface area contributed by atoms with E-state index in [1.807, 2.05) is 0 Å². The van der Waals surface area contributed by atoms with E-state index in [0.29, 0.717) is 16.9 Å². The third-order valence-electron chi connectivity index (χ3n) is 2.58. The number of nitrogen functional groups attached to an aromatic ring is 2. The van der Waals surface area contributed by atoms with Crippen molar-refractivity contribution in [2.24, 2.45) is 0 Å². The molecule has 2 aromatic rings. The lowest BCUT2D eigenvalue weighted by atomic mass is 10.1. The lowest BCUT2D eigenvalue weighted by Crippen LogP contribution is -2.26. The summed E-state index contributed by atoms with van der Waals surface area (Å²) in [6.45, 7) is 0. The molecule has 2 rings (SSSR count). The van der Waals surface area contributed by atoms with Crippen LogP contribution in [0.2, 0.25) is 0 Å². The molecule has 18 heavy (non-hydrogen) atoms. The molecule has 5 nitrogen and oxygen atoms in total. The number of hydrogen-bond acceptors (Lipinski definition) is 4. The van der Waals surface area contributed by atoms with Crippen LogP contribution in [0.5, 0.6) is 0 Å². The number of benzene rings is 1. The van der Waals surface area contributed by atoms with Crippen LogP contribution in [0.25, 0.3) is 0 Å². The average Bonchev–Trinajstić information content (AvgIpc) is 2.37. The third kappa shape index (κ3) is 2.40. The molecule has 5 heteroatoms. The summed E-state index contributed by atoms with van der Waals surface area (Å²) in [6, 6.07) is 8.34. The summed E-state index contributed by atoms with van der Waals surface area (Å²) in [7, 11) is 1.69. The Hall–Kier alpha value is -2.56. The van der Waals surface area contributed by atoms with Crippen molar-refractivity contribution in [2.75, 3.05) is 23.4 Å². The number of hydrogen-bond donors (Lipinski definition) is 2. The maximum atomic E-state index is 12.2. The van der Waals surface area contributed by atoms with Crippen LogP contribution in [0.3, 0.4) is 0 Å². The standard InChI is InChI=1S/C13H14N4O/c1-17(12-2-4-16-5-3-12)13(18)9-6-10(14)8-11(15)7-9/h2-8H,14-15H2,1H3. The number of amides is 1. The summed E-state index contributed by atoms with van der Waals surface area (Å²) in [5.41, 5.74) is 13.5. The number of anilines is 3. The van der Waals surface area contributed by atoms with Gasteiger partial charge in [-0.1, -0.05) is 0 Å². The number of nitrogens with two attached hydrogens (primary N) is 2. The van der Waals surface area contributed by atoms with Crippen molar-refractivity contribution in [2.45, 2.75) is 0 Å². The van der Waals surface area contributed by atoms with Crippen LogP contribution in [-0.2, 0) is 0 Å². The Bertz CT molecular complexity index is 548. The Balaban J connectivity index is 2.31. The lowest BCUT2D eigenvalue weighted by molar-refractivity contribution is 0.0993. The van der Waals surface area contributed by atoms with Gasteiger partial charge in [-0.15, -0.1) is 0 Å². The fourth-order valence-corrected chi connectivity index (χ4v) is 1.68. The van der Waals surface area contributed by atoms with Gasteiger partial charge in [0, 0.05) is 42.1 Å². The summed E-state index contributed by atoms with van der Waals surface area (Å²) in [4.78, 5) is 17.7. The molecule has 4 N–H and O–H groups in total. The zero-order chi connectivity index (χ0) is 13.1. The summed E-state index contributed by atoms with van der Waals surface area (Å²) >= 11 is 0. The van der Waals surface area contributed by atoms with Crippen LogP contribution in [0.15, 0.2) is 42.7 Å². The van der Waals surface area contributed by atoms with Crippen molar-refractivity contribution in [1.29, 1.82) is 0 Å². The van der Waals surface area contributed by atoms with Crippen molar-refractivity contribution >= 4 is 23.0 Å². The highest BCUT2D eigenvalue weighted by Gasteiger charge is 2.14. The topological polar surface area (TPSA) is 85.2 Å². The summed E-state index contributed by atoms with van der Waals surface area (Å²) < 4.78 is 0. The van der Waals surface area contributed by atoms with E-state index in [4.69, 9.17) is 11.5 Å². The fraction of sp³-hybridized carbons (Fsp3) is 0.0769. The van der Waals surface area contributed by atoms with Crippen LogP contribution >= 0.6 is 0 Å². The van der Waals surface area contributed by atoms with Crippen molar-refractivity contribution in [3.8, 4) is 0 Å². The number of rotatable bonds is 2. The van der Waals surface area contributed by atoms with Gasteiger partial charge in [-0.2, -0.15) is 0 Å². The predicted molar refractivity (Wildman–Crippen MR) is 72.2 cm³/mol. The van der Waals surface area contributed by atoms with Gasteiger partial charge in [0.2, 0.25) is 0 Å². The first-order valence-corrected chi connectivity index (χ1v) is 5.42. The zero-order valence-corrected chi connectivity index (χ0v) is 10.00. The first-order valence-electron chi connectivity index (χ1n) is 5.42. The minimum Gasteiger partial charge on any atom is -0.399 e. The first kappa shape index (κ1) is 11.9. The van der Waals surface area contributed by atoms with Crippen molar-refractivity contribution in [1.82, 2.24) is 4.98 Å². The van der Waals surface area contributed by atoms with E-state index in [0.717, 1.165) is 5.69 Å². The molecule has 0 atom stereocenters. The highest BCUT2D eigenvalue weighted by molar-refractivity contribution is 6.06. The van der Waals surface area contributed by atoms with Gasteiger partial charge in [-0.3, -0.25) is 9.78 Å². The number of carbonyl (C=O) groups excluding carboxylic acids is 1. The maximum Gasteiger partial charge on any atom is 0.258 e. The molecule has 92 valence electrons. The average molecular weight is 242 g/mol. The third-order valence-corrected chi connectivity index (χ3v) is 2.58. The van der Waals surface area contributed by atoms with Gasteiger partial charge in [0.1, 0.15) is 0 Å². The van der Waals surface area contributed by atoms with Gasteiger partial charge in [-0.05, 0) is 30.3 Å². The summed E-state index contributed by atoms with van der Waals surface area (Å²) in [5, 5.41) is 0. The number of aromatic nitrogens is 1. The minimum atomic E-state index is -0.166. The SMILES string of the molecule is CN(C(=O)c1cc(N)cc(N)c1)c1ccncc1. The summed E-state index contributed by atoms with van der Waals surface area (Å²) in [5.74, 6) is -0.166. The molecule has 0 spiro atoms. The van der Waals surface area contributed by atoms with Crippen LogP contribution in [0.1, 0.15) is 10.4 Å². The van der Waals surface area contributed by atoms with Gasteiger partial charge < -0.3 is 16.4 Å². The molecule has 1 aromatic heterocycles. The van der Waals surface area contributed by atoms with Gasteiger partial charge in [0.25, 0.3) is 5.91 Å². The molecule has 0 radical (unpaired) electrons. The Morgan fingerprint density at radius 1 is 1.11 bits per heavy atom. The lowest BCUT2D eigenvalue weighted by Gasteiger charge is -2.17. The highest BCUT2D eigenvalue weighted by Crippen LogP contribution is 2.18. The largest absolute Gasteiger partial charge is 0.399 e. The zero-order valence-electron chi connectivity index (χ0n) is 10.00. The van der Waals surface area contributed by atoms with E-state index < -0.39 is 0 Å². The molecule has 0 bridgehead atoms. The second kappa shape index (κ2) is 4.75. The fourth-order valence-electron chi connectivity index (χ4n) is 1.68. The first-order chi connectivity index (χ1) is 8.58. The van der Waals surface area contributed by atoms with Gasteiger partial charge in [0.05, 0.1) is 0 Å². The molecule has 0 saturated carbocycles. The second-order valence-corrected chi connectivity index (χ2v) is 3.96. The second-order valence-electron chi connectivity index (χ2n) is 3.96. The molecule has 0 aliphatic rings. The Morgan fingerprint density at radius 2 is 1.67 bits per heavy atom. The molecular weight excluding hydrogens is 228 g/mol. The number of nitrogens with zero attached hydrogens (tertiary/aromatic N) is 2. The maximum absolute atomic E-state index is 12.2. The smallest absolute Gasteiger partial charge is 0.258 e. The Morgan fingerprint density at radius 3 is 2.22 bits per heavy atom. The molecule has 1 amide bonds. The molecule has 0 aliphatic carbocycles. The normalized spacial score (nSPS) is 10.1. The van der Waals surface area contributed by atoms with E-state index in [2.05, 4.69) is 4.98 Å². The van der Waals surface area contributed by atoms with E-state index in [9.17, 15) is 4.79 Å². The number of carbonyl (C=O) groups is 1. The predicted octanol–water partition coefficient (Wildman–Crippen LogP) is 1.52. The molecule has 0 saturated heterocycles. The highest BCUT2D eigenvalue weighted by atomic mass is 16.2. The van der Waals surface area contributed by atoms with Gasteiger partial charge in [-0.25, -0.2) is 0 Å². The van der Waals surface area contributed by atoms with E-state index >= 15 is 0 Å². The van der Waals surface area contributed by atoms with Gasteiger partial charge in [0.15, 0.2) is 0 Å². The molecular formula is C13H14N4O. The molecule has 0 fully saturated rings. The van der Waals surface area contributed by atoms with Crippen molar-refractivity contribution in [3.63, 3.8) is 0 Å². The Labute approximate surface area is 105 Å². The molecule has 1 aromatic carbocycles. The molecule has 0 aliphatic heterocycles. The molecule has 0 unspecified atom stereocenters. The Kier molecular flexibility index (Phi) is 3.14. The van der Waals surface area contributed by atoms with E-state index in [1.54, 1.807) is 49.8 Å². The van der Waals surface area contributed by atoms with Crippen LogP contribution < -0.4 is 16.4 Å². The van der Waals surface area contributed by atoms with Crippen LogP contribution in [0.4, 0.5) is 17.1 Å². The van der Waals surface area contributed by atoms with Crippen LogP contribution in [0, 0.1) is 0 Å². The van der Waals surface area contributed by atoms with E-state index in [1.165, 1.54) is 4.90 Å². The molecule has 1 heterocycles. The van der Waals surface area contributed by atoms with Crippen LogP contribution in [-0.4, -0.2) is 17.9 Å². The number of pyridine rings is 1. The van der Waals surface area contributed by atoms with Crippen molar-refractivity contribution < 1.29 is 4.79 Å².